The van der Waals surface area contributed by atoms with E-state index in [1.807, 2.05) is 0 Å². The van der Waals surface area contributed by atoms with E-state index in [-0.39, 0.29) is 11.5 Å². The number of ether oxygens (including phenoxy) is 2. The molecule has 0 unspecified atom stereocenters. The Kier molecular flexibility index (Phi) is 3.97. The quantitative estimate of drug-likeness (QED) is 0.677. The number of amides is 1. The van der Waals surface area contributed by atoms with E-state index in [2.05, 4.69) is 5.16 Å². The summed E-state index contributed by atoms with van der Waals surface area (Å²) in [6.07, 6.45) is -1.15. The highest BCUT2D eigenvalue weighted by Gasteiger charge is 2.25. The van der Waals surface area contributed by atoms with Crippen LogP contribution in [-0.2, 0) is 0 Å². The summed E-state index contributed by atoms with van der Waals surface area (Å²) in [6.45, 7) is 3.39. The van der Waals surface area contributed by atoms with Gasteiger partial charge in [0.25, 0.3) is 0 Å². The van der Waals surface area contributed by atoms with Crippen molar-refractivity contribution in [3.8, 4) is 22.6 Å². The number of carbonyl (C=O) groups is 1. The summed E-state index contributed by atoms with van der Waals surface area (Å²) in [5, 5.41) is 14.9. The topological polar surface area (TPSA) is 131 Å². The number of hydrogen-bond acceptors (Lipinski definition) is 7. The smallest absolute Gasteiger partial charge is 0.410 e. The number of methoxy groups -OCH3 is 1. The maximum atomic E-state index is 11.1. The summed E-state index contributed by atoms with van der Waals surface area (Å²) in [6, 6.07) is 2.45. The molecule has 0 spiro atoms. The van der Waals surface area contributed by atoms with E-state index in [4.69, 9.17) is 19.7 Å². The fourth-order valence-corrected chi connectivity index (χ4v) is 2.11. The molecule has 9 nitrogen and oxygen atoms in total. The third kappa shape index (κ3) is 2.68. The zero-order chi connectivity index (χ0) is 16.4. The average Bonchev–Trinajstić information content (AvgIpc) is 2.76. The molecular weight excluding hydrogens is 294 g/mol. The van der Waals surface area contributed by atoms with Crippen molar-refractivity contribution in [1.29, 1.82) is 0 Å². The average molecular weight is 307 g/mol. The molecule has 1 aromatic carbocycles. The summed E-state index contributed by atoms with van der Waals surface area (Å²) >= 11 is 0. The van der Waals surface area contributed by atoms with Crippen molar-refractivity contribution in [2.75, 3.05) is 7.11 Å². The molecule has 9 heteroatoms. The molecule has 116 valence electrons. The summed E-state index contributed by atoms with van der Waals surface area (Å²) in [5.41, 5.74) is 6.12. The number of hydrogen-bond donors (Lipinski definition) is 1. The van der Waals surface area contributed by atoms with Crippen molar-refractivity contribution in [2.45, 2.75) is 13.8 Å². The highest BCUT2D eigenvalue weighted by Crippen LogP contribution is 2.42. The van der Waals surface area contributed by atoms with Gasteiger partial charge in [-0.1, -0.05) is 5.16 Å². The van der Waals surface area contributed by atoms with Crippen LogP contribution in [0.15, 0.2) is 16.7 Å². The van der Waals surface area contributed by atoms with Crippen LogP contribution in [0.2, 0.25) is 0 Å². The first-order valence-electron chi connectivity index (χ1n) is 6.12. The minimum absolute atomic E-state index is 0.220. The number of nitro benzene ring substituents is 1. The first kappa shape index (κ1) is 15.3. The van der Waals surface area contributed by atoms with Crippen LogP contribution >= 0.6 is 0 Å². The zero-order valence-electron chi connectivity index (χ0n) is 12.1. The van der Waals surface area contributed by atoms with Gasteiger partial charge in [-0.2, -0.15) is 0 Å². The number of nitrogens with two attached hydrogens (primary N) is 1. The molecule has 1 aromatic heterocycles. The van der Waals surface area contributed by atoms with E-state index in [0.717, 1.165) is 6.07 Å². The van der Waals surface area contributed by atoms with Crippen molar-refractivity contribution in [1.82, 2.24) is 5.16 Å². The standard InChI is InChI=1S/C13H13N3O6/c1-6-12(7(2)22-15-6)8-4-11(21-13(14)17)9(16(18)19)5-10(8)20-3/h4-5H,1-3H3,(H2,14,17). The first-order chi connectivity index (χ1) is 10.3. The van der Waals surface area contributed by atoms with Crippen LogP contribution in [-0.4, -0.2) is 23.3 Å². The van der Waals surface area contributed by atoms with Gasteiger partial charge in [0.1, 0.15) is 11.5 Å². The summed E-state index contributed by atoms with van der Waals surface area (Å²) in [7, 11) is 1.37. The molecule has 0 saturated heterocycles. The van der Waals surface area contributed by atoms with Gasteiger partial charge in [0, 0.05) is 5.56 Å². The van der Waals surface area contributed by atoms with Crippen molar-refractivity contribution >= 4 is 11.8 Å². The highest BCUT2D eigenvalue weighted by atomic mass is 16.6. The van der Waals surface area contributed by atoms with Gasteiger partial charge >= 0.3 is 11.8 Å². The van der Waals surface area contributed by atoms with Crippen LogP contribution < -0.4 is 15.2 Å². The molecule has 0 radical (unpaired) electrons. The fraction of sp³-hybridized carbons (Fsp3) is 0.231. The number of carbonyl (C=O) groups excluding carboxylic acids is 1. The Labute approximate surface area is 124 Å². The molecule has 1 heterocycles. The number of nitrogens with zero attached hydrogens (tertiary/aromatic N) is 2. The van der Waals surface area contributed by atoms with Crippen LogP contribution in [0.4, 0.5) is 10.5 Å². The Morgan fingerprint density at radius 1 is 1.36 bits per heavy atom. The van der Waals surface area contributed by atoms with Gasteiger partial charge in [-0.15, -0.1) is 0 Å². The highest BCUT2D eigenvalue weighted by molar-refractivity contribution is 5.80. The summed E-state index contributed by atoms with van der Waals surface area (Å²) in [5.74, 6) is 0.431. The Morgan fingerprint density at radius 2 is 2.05 bits per heavy atom. The largest absolute Gasteiger partial charge is 0.496 e. The predicted molar refractivity (Wildman–Crippen MR) is 74.8 cm³/mol. The molecule has 0 aliphatic carbocycles. The molecule has 0 saturated carbocycles. The predicted octanol–water partition coefficient (Wildman–Crippen LogP) is 2.33. The summed E-state index contributed by atoms with van der Waals surface area (Å²) < 4.78 is 15.0. The second-order valence-corrected chi connectivity index (χ2v) is 4.40. The molecule has 22 heavy (non-hydrogen) atoms. The van der Waals surface area contributed by atoms with Crippen molar-refractivity contribution in [3.05, 3.63) is 33.7 Å². The minimum Gasteiger partial charge on any atom is -0.496 e. The number of nitro groups is 1. The third-order valence-corrected chi connectivity index (χ3v) is 2.99. The van der Waals surface area contributed by atoms with Gasteiger partial charge in [0.2, 0.25) is 5.75 Å². The second-order valence-electron chi connectivity index (χ2n) is 4.40. The lowest BCUT2D eigenvalue weighted by atomic mass is 10.0. The fourth-order valence-electron chi connectivity index (χ4n) is 2.11. The molecule has 2 aromatic rings. The van der Waals surface area contributed by atoms with Gasteiger partial charge in [-0.25, -0.2) is 4.79 Å². The third-order valence-electron chi connectivity index (χ3n) is 2.99. The lowest BCUT2D eigenvalue weighted by Crippen LogP contribution is -2.17. The molecular formula is C13H13N3O6. The van der Waals surface area contributed by atoms with Crippen LogP contribution in [0.3, 0.4) is 0 Å². The van der Waals surface area contributed by atoms with Crippen LogP contribution in [0, 0.1) is 24.0 Å². The second kappa shape index (κ2) is 5.72. The van der Waals surface area contributed by atoms with Crippen molar-refractivity contribution < 1.29 is 23.7 Å². The molecule has 0 aliphatic rings. The number of aromatic nitrogens is 1. The molecule has 0 bridgehead atoms. The first-order valence-corrected chi connectivity index (χ1v) is 6.12. The maximum absolute atomic E-state index is 11.1. The molecule has 0 atom stereocenters. The molecule has 2 N–H and O–H groups in total. The molecule has 1 amide bonds. The Bertz CT molecular complexity index is 733. The molecule has 0 fully saturated rings. The van der Waals surface area contributed by atoms with E-state index >= 15 is 0 Å². The number of aryl methyl sites for hydroxylation is 2. The van der Waals surface area contributed by atoms with E-state index in [1.54, 1.807) is 13.8 Å². The molecule has 2 rings (SSSR count). The van der Waals surface area contributed by atoms with Crippen LogP contribution in [0.25, 0.3) is 11.1 Å². The van der Waals surface area contributed by atoms with Crippen LogP contribution in [0.1, 0.15) is 11.5 Å². The van der Waals surface area contributed by atoms with E-state index < -0.39 is 16.7 Å². The van der Waals surface area contributed by atoms with Crippen LogP contribution in [0.5, 0.6) is 11.5 Å². The Hall–Kier alpha value is -3.10. The van der Waals surface area contributed by atoms with E-state index in [1.165, 1.54) is 13.2 Å². The van der Waals surface area contributed by atoms with Gasteiger partial charge in [0.05, 0.1) is 29.4 Å². The zero-order valence-corrected chi connectivity index (χ0v) is 12.1. The van der Waals surface area contributed by atoms with E-state index in [0.29, 0.717) is 22.6 Å². The normalized spacial score (nSPS) is 10.3. The number of primary amides is 1. The summed E-state index contributed by atoms with van der Waals surface area (Å²) in [4.78, 5) is 21.3. The van der Waals surface area contributed by atoms with E-state index in [9.17, 15) is 14.9 Å². The van der Waals surface area contributed by atoms with Crippen molar-refractivity contribution in [3.63, 3.8) is 0 Å². The minimum atomic E-state index is -1.15. The monoisotopic (exact) mass is 307 g/mol. The Morgan fingerprint density at radius 3 is 2.50 bits per heavy atom. The number of rotatable bonds is 4. The SMILES string of the molecule is COc1cc([N+](=O)[O-])c(OC(N)=O)cc1-c1c(C)noc1C. The van der Waals surface area contributed by atoms with Gasteiger partial charge in [0.15, 0.2) is 0 Å². The number of benzene rings is 1. The van der Waals surface area contributed by atoms with Gasteiger partial charge in [-0.05, 0) is 19.9 Å². The molecule has 0 aliphatic heterocycles. The van der Waals surface area contributed by atoms with Gasteiger partial charge < -0.3 is 19.7 Å². The Balaban J connectivity index is 2.73. The lowest BCUT2D eigenvalue weighted by molar-refractivity contribution is -0.385. The lowest BCUT2D eigenvalue weighted by Gasteiger charge is -2.11. The van der Waals surface area contributed by atoms with Crippen molar-refractivity contribution in [2.24, 2.45) is 5.73 Å². The maximum Gasteiger partial charge on any atom is 0.410 e. The van der Waals surface area contributed by atoms with Gasteiger partial charge in [-0.3, -0.25) is 10.1 Å².